The summed E-state index contributed by atoms with van der Waals surface area (Å²) in [6.45, 7) is 0. The number of carbonyl (C=O) groups excluding carboxylic acids is 1. The largest absolute Gasteiger partial charge is 0.422 e. The van der Waals surface area contributed by atoms with E-state index in [-0.39, 0.29) is 28.0 Å². The summed E-state index contributed by atoms with van der Waals surface area (Å²) in [5.41, 5.74) is -0.604. The maximum Gasteiger partial charge on any atom is 0.416 e. The molecule has 2 nitrogen and oxygen atoms in total. The monoisotopic (exact) mass is 538 g/mol. The van der Waals surface area contributed by atoms with Crippen molar-refractivity contribution in [2.45, 2.75) is 12.4 Å². The lowest BCUT2D eigenvalue weighted by atomic mass is 9.93. The Kier molecular flexibility index (Phi) is 6.16. The third-order valence-corrected chi connectivity index (χ3v) is 5.60. The van der Waals surface area contributed by atoms with E-state index in [2.05, 4.69) is 15.9 Å². The van der Waals surface area contributed by atoms with Gasteiger partial charge in [-0.15, -0.1) is 0 Å². The van der Waals surface area contributed by atoms with Gasteiger partial charge in [0, 0.05) is 10.0 Å². The molecule has 0 N–H and O–H groups in total. The summed E-state index contributed by atoms with van der Waals surface area (Å²) < 4.78 is 84.2. The average molecular weight is 539 g/mol. The molecule has 9 heteroatoms. The number of esters is 1. The summed E-state index contributed by atoms with van der Waals surface area (Å²) in [6, 6.07) is 15.0. The van der Waals surface area contributed by atoms with Crippen LogP contribution < -0.4 is 0 Å². The number of alkyl halides is 6. The van der Waals surface area contributed by atoms with E-state index in [1.165, 1.54) is 18.2 Å². The van der Waals surface area contributed by atoms with Crippen molar-refractivity contribution in [2.24, 2.45) is 0 Å². The number of hydrogen-bond donors (Lipinski definition) is 0. The van der Waals surface area contributed by atoms with Crippen LogP contribution in [0.1, 0.15) is 27.8 Å². The maximum atomic E-state index is 13.0. The van der Waals surface area contributed by atoms with Crippen LogP contribution >= 0.6 is 15.9 Å². The molecule has 0 atom stereocenters. The number of cyclic esters (lactones) is 1. The van der Waals surface area contributed by atoms with Crippen LogP contribution in [0.25, 0.3) is 17.2 Å². The van der Waals surface area contributed by atoms with Crippen LogP contribution in [0.2, 0.25) is 0 Å². The van der Waals surface area contributed by atoms with E-state index in [1.807, 2.05) is 0 Å². The van der Waals surface area contributed by atoms with Gasteiger partial charge in [-0.3, -0.25) is 0 Å². The topological polar surface area (TPSA) is 26.3 Å². The second kappa shape index (κ2) is 8.79. The summed E-state index contributed by atoms with van der Waals surface area (Å²) in [7, 11) is 0. The van der Waals surface area contributed by atoms with Crippen molar-refractivity contribution < 1.29 is 35.9 Å². The molecule has 0 saturated carbocycles. The molecule has 34 heavy (non-hydrogen) atoms. The van der Waals surface area contributed by atoms with Gasteiger partial charge in [-0.1, -0.05) is 52.3 Å². The average Bonchev–Trinajstić information content (AvgIpc) is 3.10. The zero-order valence-corrected chi connectivity index (χ0v) is 18.6. The number of hydrogen-bond acceptors (Lipinski definition) is 2. The van der Waals surface area contributed by atoms with Gasteiger partial charge in [0.25, 0.3) is 0 Å². The zero-order chi connectivity index (χ0) is 24.7. The van der Waals surface area contributed by atoms with E-state index in [1.54, 1.807) is 24.3 Å². The number of allylic oxidation sites excluding steroid dienone is 1. The fraction of sp³-hybridized carbons (Fsp3) is 0.0800. The molecule has 3 aromatic rings. The fourth-order valence-electron chi connectivity index (χ4n) is 3.44. The fourth-order valence-corrected chi connectivity index (χ4v) is 3.70. The molecule has 0 spiro atoms. The predicted octanol–water partition coefficient (Wildman–Crippen LogP) is 8.00. The van der Waals surface area contributed by atoms with Crippen LogP contribution in [0.15, 0.2) is 83.0 Å². The lowest BCUT2D eigenvalue weighted by Gasteiger charge is -2.11. The molecule has 0 aromatic heterocycles. The Balaban J connectivity index is 1.88. The molecule has 4 rings (SSSR count). The summed E-state index contributed by atoms with van der Waals surface area (Å²) in [6.07, 6.45) is -7.58. The SMILES string of the molecule is O=C1O/C(=C\c2ccc(Br)cc2)C(c2ccc(C(F)(F)F)cc2)=C1c1ccc(C(F)(F)F)cc1. The van der Waals surface area contributed by atoms with E-state index in [0.29, 0.717) is 5.56 Å². The molecular formula is C25H13BrF6O2. The zero-order valence-electron chi connectivity index (χ0n) is 17.0. The van der Waals surface area contributed by atoms with Gasteiger partial charge in [0.05, 0.1) is 16.7 Å². The maximum absolute atomic E-state index is 13.0. The van der Waals surface area contributed by atoms with Gasteiger partial charge in [0.2, 0.25) is 0 Å². The summed E-state index contributed by atoms with van der Waals surface area (Å²) in [4.78, 5) is 12.8. The van der Waals surface area contributed by atoms with Crippen molar-refractivity contribution in [3.8, 4) is 0 Å². The highest BCUT2D eigenvalue weighted by atomic mass is 79.9. The quantitative estimate of drug-likeness (QED) is 0.249. The minimum Gasteiger partial charge on any atom is -0.422 e. The Labute approximate surface area is 198 Å². The van der Waals surface area contributed by atoms with Crippen LogP contribution in [0.4, 0.5) is 26.3 Å². The molecule has 1 aliphatic heterocycles. The number of rotatable bonds is 3. The van der Waals surface area contributed by atoms with Crippen LogP contribution in [0, 0.1) is 0 Å². The molecule has 0 radical (unpaired) electrons. The van der Waals surface area contributed by atoms with Crippen LogP contribution in [-0.2, 0) is 21.9 Å². The Morgan fingerprint density at radius 3 is 1.53 bits per heavy atom. The van der Waals surface area contributed by atoms with E-state index >= 15 is 0 Å². The van der Waals surface area contributed by atoms with E-state index in [4.69, 9.17) is 4.74 Å². The molecule has 174 valence electrons. The first-order valence-electron chi connectivity index (χ1n) is 9.73. The second-order valence-corrected chi connectivity index (χ2v) is 8.27. The first-order valence-corrected chi connectivity index (χ1v) is 10.5. The molecule has 0 aliphatic carbocycles. The van der Waals surface area contributed by atoms with Gasteiger partial charge in [-0.2, -0.15) is 26.3 Å². The lowest BCUT2D eigenvalue weighted by Crippen LogP contribution is -2.05. The predicted molar refractivity (Wildman–Crippen MR) is 118 cm³/mol. The van der Waals surface area contributed by atoms with Crippen LogP contribution in [-0.4, -0.2) is 5.97 Å². The highest BCUT2D eigenvalue weighted by molar-refractivity contribution is 9.10. The van der Waals surface area contributed by atoms with Crippen LogP contribution in [0.5, 0.6) is 0 Å². The van der Waals surface area contributed by atoms with E-state index in [0.717, 1.165) is 40.9 Å². The molecule has 1 aliphatic rings. The minimum atomic E-state index is -4.56. The van der Waals surface area contributed by atoms with Gasteiger partial charge in [-0.25, -0.2) is 4.79 Å². The second-order valence-electron chi connectivity index (χ2n) is 7.35. The highest BCUT2D eigenvalue weighted by Crippen LogP contribution is 2.42. The van der Waals surface area contributed by atoms with Gasteiger partial charge < -0.3 is 4.74 Å². The molecule has 0 saturated heterocycles. The van der Waals surface area contributed by atoms with Crippen molar-refractivity contribution in [3.63, 3.8) is 0 Å². The molecule has 0 fully saturated rings. The molecule has 0 amide bonds. The van der Waals surface area contributed by atoms with E-state index in [9.17, 15) is 31.1 Å². The first kappa shape index (κ1) is 23.8. The van der Waals surface area contributed by atoms with Crippen molar-refractivity contribution >= 4 is 39.1 Å². The third-order valence-electron chi connectivity index (χ3n) is 5.07. The van der Waals surface area contributed by atoms with Gasteiger partial charge in [-0.05, 0) is 59.2 Å². The standard InChI is InChI=1S/C25H13BrF6O2/c26-19-11-1-14(2-12-19)13-20-21(15-3-7-17(8-4-15)24(27,28)29)22(23(33)34-20)16-5-9-18(10-6-16)25(30,31)32/h1-13H/b20-13-. The highest BCUT2D eigenvalue weighted by Gasteiger charge is 2.35. The van der Waals surface area contributed by atoms with Crippen molar-refractivity contribution in [1.82, 2.24) is 0 Å². The number of benzene rings is 3. The summed E-state index contributed by atoms with van der Waals surface area (Å²) in [5, 5.41) is 0. The number of ether oxygens (including phenoxy) is 1. The number of carbonyl (C=O) groups is 1. The molecule has 1 heterocycles. The Hall–Kier alpha value is -3.33. The Bertz CT molecular complexity index is 1280. The summed E-state index contributed by atoms with van der Waals surface area (Å²) >= 11 is 3.31. The van der Waals surface area contributed by atoms with Gasteiger partial charge in [0.1, 0.15) is 5.76 Å². The molecule has 3 aromatic carbocycles. The van der Waals surface area contributed by atoms with Gasteiger partial charge >= 0.3 is 18.3 Å². The Morgan fingerprint density at radius 2 is 1.09 bits per heavy atom. The summed E-state index contributed by atoms with van der Waals surface area (Å²) in [5.74, 6) is -0.750. The lowest BCUT2D eigenvalue weighted by molar-refractivity contribution is -0.138. The molecule has 0 unspecified atom stereocenters. The Morgan fingerprint density at radius 1 is 0.647 bits per heavy atom. The first-order chi connectivity index (χ1) is 15.9. The van der Waals surface area contributed by atoms with Crippen LogP contribution in [0.3, 0.4) is 0 Å². The van der Waals surface area contributed by atoms with Crippen molar-refractivity contribution in [3.05, 3.63) is 111 Å². The minimum absolute atomic E-state index is 0.0446. The third kappa shape index (κ3) is 4.94. The molecular weight excluding hydrogens is 526 g/mol. The van der Waals surface area contributed by atoms with Gasteiger partial charge in [0.15, 0.2) is 0 Å². The molecule has 0 bridgehead atoms. The van der Waals surface area contributed by atoms with Crippen molar-refractivity contribution in [2.75, 3.05) is 0 Å². The smallest absolute Gasteiger partial charge is 0.416 e. The van der Waals surface area contributed by atoms with Crippen molar-refractivity contribution in [1.29, 1.82) is 0 Å². The van der Waals surface area contributed by atoms with E-state index < -0.39 is 29.4 Å². The number of halogens is 7. The normalized spacial score (nSPS) is 15.7.